The molecule has 46 heavy (non-hydrogen) atoms. The molecule has 11 nitrogen and oxygen atoms in total. The number of aromatic nitrogens is 1. The van der Waals surface area contributed by atoms with Crippen molar-refractivity contribution in [3.8, 4) is 0 Å². The molecule has 2 N–H and O–H groups in total. The zero-order chi connectivity index (χ0) is 33.4. The van der Waals surface area contributed by atoms with Crippen molar-refractivity contribution < 1.29 is 33.6 Å². The largest absolute Gasteiger partial charge is 0.417 e. The molecular weight excluding hydrogens is 588 g/mol. The second kappa shape index (κ2) is 16.0. The summed E-state index contributed by atoms with van der Waals surface area (Å²) >= 11 is 0. The van der Waals surface area contributed by atoms with Gasteiger partial charge in [-0.15, -0.1) is 0 Å². The Bertz CT molecular complexity index is 1450. The number of Topliss-reactive ketones (excluding diaryl/α,β-unsaturated/α-hetero) is 3. The van der Waals surface area contributed by atoms with Gasteiger partial charge in [-0.25, -0.2) is 0 Å². The van der Waals surface area contributed by atoms with Crippen LogP contribution < -0.4 is 15.5 Å². The zero-order valence-electron chi connectivity index (χ0n) is 27.5. The fourth-order valence-corrected chi connectivity index (χ4v) is 6.61. The number of hydrogen-bond donors (Lipinski definition) is 2. The normalized spacial score (nSPS) is 23.5. The van der Waals surface area contributed by atoms with Crippen LogP contribution in [-0.4, -0.2) is 76.5 Å². The maximum atomic E-state index is 14.1. The van der Waals surface area contributed by atoms with E-state index in [0.717, 1.165) is 29.3 Å². The lowest BCUT2D eigenvalue weighted by atomic mass is 9.87. The Labute approximate surface area is 270 Å². The summed E-state index contributed by atoms with van der Waals surface area (Å²) in [6.07, 6.45) is 5.96. The molecule has 0 aliphatic carbocycles. The molecule has 0 saturated carbocycles. The van der Waals surface area contributed by atoms with E-state index in [2.05, 4.69) is 10.6 Å². The summed E-state index contributed by atoms with van der Waals surface area (Å²) in [6, 6.07) is 5.07. The molecule has 1 aromatic heterocycles. The molecule has 250 valence electrons. The molecule has 3 heterocycles. The second-order valence-electron chi connectivity index (χ2n) is 12.7. The Morgan fingerprint density at radius 3 is 2.48 bits per heavy atom. The van der Waals surface area contributed by atoms with Crippen molar-refractivity contribution >= 4 is 46.0 Å². The number of fused-ring (bicyclic) bond motifs is 2. The van der Waals surface area contributed by atoms with Crippen LogP contribution in [0.5, 0.6) is 0 Å². The predicted molar refractivity (Wildman–Crippen MR) is 173 cm³/mol. The number of nitrogens with zero attached hydrogens (tertiary/aromatic N) is 2. The molecule has 1 unspecified atom stereocenters. The molecular formula is C35H48N4O7. The number of para-hydroxylation sites is 1. The Balaban J connectivity index is 1.67. The predicted octanol–water partition coefficient (Wildman–Crippen LogP) is 3.34. The van der Waals surface area contributed by atoms with Crippen LogP contribution in [-0.2, 0) is 35.2 Å². The number of carbonyl (C=O) groups excluding carboxylic acids is 6. The molecule has 5 atom stereocenters. The number of nitrogens with one attached hydrogen (secondary N) is 2. The van der Waals surface area contributed by atoms with E-state index in [9.17, 15) is 28.8 Å². The minimum Gasteiger partial charge on any atom is -0.417 e. The summed E-state index contributed by atoms with van der Waals surface area (Å²) in [7, 11) is 1.55. The molecule has 4 rings (SSSR count). The van der Waals surface area contributed by atoms with Gasteiger partial charge in [0.15, 0.2) is 17.3 Å². The van der Waals surface area contributed by atoms with Crippen molar-refractivity contribution in [2.75, 3.05) is 13.7 Å². The van der Waals surface area contributed by atoms with Crippen LogP contribution in [0.4, 0.5) is 0 Å². The van der Waals surface area contributed by atoms with Gasteiger partial charge < -0.3 is 20.4 Å². The molecule has 3 amide bonds. The van der Waals surface area contributed by atoms with Gasteiger partial charge in [-0.2, -0.15) is 4.73 Å². The summed E-state index contributed by atoms with van der Waals surface area (Å²) in [6.45, 7) is 5.92. The van der Waals surface area contributed by atoms with Crippen molar-refractivity contribution in [1.29, 1.82) is 0 Å². The Hall–Kier alpha value is -4.02. The lowest BCUT2D eigenvalue weighted by molar-refractivity contribution is -0.147. The third-order valence-corrected chi connectivity index (χ3v) is 9.61. The zero-order valence-corrected chi connectivity index (χ0v) is 27.5. The number of rotatable bonds is 12. The van der Waals surface area contributed by atoms with Crippen LogP contribution in [0, 0.1) is 11.8 Å². The minimum absolute atomic E-state index is 0.0760. The van der Waals surface area contributed by atoms with E-state index in [1.54, 1.807) is 29.9 Å². The first-order chi connectivity index (χ1) is 22.1. The number of ketones is 3. The van der Waals surface area contributed by atoms with Crippen molar-refractivity contribution in [3.63, 3.8) is 0 Å². The van der Waals surface area contributed by atoms with Gasteiger partial charge in [0.1, 0.15) is 19.2 Å². The van der Waals surface area contributed by atoms with Crippen LogP contribution in [0.2, 0.25) is 0 Å². The molecule has 0 bridgehead atoms. The van der Waals surface area contributed by atoms with E-state index >= 15 is 0 Å². The first kappa shape index (κ1) is 34.8. The number of carbonyl (C=O) groups is 6. The number of hydrogen-bond acceptors (Lipinski definition) is 7. The van der Waals surface area contributed by atoms with Gasteiger partial charge >= 0.3 is 0 Å². The fourth-order valence-electron chi connectivity index (χ4n) is 6.61. The molecule has 0 radical (unpaired) electrons. The van der Waals surface area contributed by atoms with Gasteiger partial charge in [0.2, 0.25) is 17.7 Å². The molecule has 2 aromatic rings. The van der Waals surface area contributed by atoms with E-state index in [1.807, 2.05) is 38.1 Å². The fraction of sp³-hybridized carbons (Fsp3) is 0.600. The maximum absolute atomic E-state index is 14.1. The number of benzene rings is 1. The van der Waals surface area contributed by atoms with Gasteiger partial charge in [-0.1, -0.05) is 51.8 Å². The summed E-state index contributed by atoms with van der Waals surface area (Å²) in [5, 5.41) is 6.78. The average Bonchev–Trinajstić information content (AvgIpc) is 3.43. The Morgan fingerprint density at radius 1 is 1.00 bits per heavy atom. The summed E-state index contributed by atoms with van der Waals surface area (Å²) in [4.78, 5) is 86.8. The first-order valence-electron chi connectivity index (χ1n) is 16.7. The highest BCUT2D eigenvalue weighted by molar-refractivity contribution is 6.37. The van der Waals surface area contributed by atoms with Gasteiger partial charge in [0.05, 0.1) is 11.6 Å². The van der Waals surface area contributed by atoms with Gasteiger partial charge in [0.25, 0.3) is 0 Å². The third-order valence-electron chi connectivity index (χ3n) is 9.61. The van der Waals surface area contributed by atoms with Gasteiger partial charge in [-0.05, 0) is 49.7 Å². The molecule has 2 aliphatic heterocycles. The minimum atomic E-state index is -1.03. The highest BCUT2D eigenvalue weighted by atomic mass is 16.6. The molecule has 2 saturated heterocycles. The Kier molecular flexibility index (Phi) is 12.1. The van der Waals surface area contributed by atoms with Crippen LogP contribution in [0.25, 0.3) is 10.9 Å². The number of unbranched alkanes of at least 4 members (excludes halogenated alkanes) is 1. The summed E-state index contributed by atoms with van der Waals surface area (Å²) in [5.41, 5.74) is 1.59. The standard InChI is InChI=1S/C35H48N4O7/c1-5-22(3)32-35(45)38-18-12-11-16-28(38)31(42)20-23(13-7-10-17-30(41)29(40)6-2)33(43)36-26(34(44)37-32)19-24-21-39(46-4)27-15-9-8-14-25(24)27/h8-9,14-15,21-23,26,28,32H,5-7,10-13,16-20H2,1-4H3,(H,36,43)(H,37,44)/t22?,23-,26+,28-,32+/m1/s1. The quantitative estimate of drug-likeness (QED) is 0.269. The topological polar surface area (TPSA) is 144 Å². The van der Waals surface area contributed by atoms with E-state index in [4.69, 9.17) is 4.84 Å². The lowest BCUT2D eigenvalue weighted by Crippen LogP contribution is -2.61. The number of piperidine rings is 1. The van der Waals surface area contributed by atoms with Gasteiger partial charge in [0, 0.05) is 49.7 Å². The van der Waals surface area contributed by atoms with Crippen LogP contribution in [0.1, 0.15) is 90.5 Å². The van der Waals surface area contributed by atoms with E-state index < -0.39 is 47.4 Å². The number of amides is 3. The highest BCUT2D eigenvalue weighted by Crippen LogP contribution is 2.27. The average molecular weight is 637 g/mol. The van der Waals surface area contributed by atoms with E-state index in [1.165, 1.54) is 0 Å². The smallest absolute Gasteiger partial charge is 0.246 e. The molecule has 0 spiro atoms. The molecule has 2 fully saturated rings. The third kappa shape index (κ3) is 8.03. The van der Waals surface area contributed by atoms with E-state index in [-0.39, 0.29) is 43.3 Å². The maximum Gasteiger partial charge on any atom is 0.246 e. The molecule has 2 aliphatic rings. The van der Waals surface area contributed by atoms with Crippen LogP contribution >= 0.6 is 0 Å². The second-order valence-corrected chi connectivity index (χ2v) is 12.7. The van der Waals surface area contributed by atoms with Crippen molar-refractivity contribution in [2.24, 2.45) is 11.8 Å². The summed E-state index contributed by atoms with van der Waals surface area (Å²) in [5.74, 6) is -3.12. The van der Waals surface area contributed by atoms with Crippen molar-refractivity contribution in [1.82, 2.24) is 20.3 Å². The first-order valence-corrected chi connectivity index (χ1v) is 16.7. The van der Waals surface area contributed by atoms with Gasteiger partial charge in [-0.3, -0.25) is 28.8 Å². The van der Waals surface area contributed by atoms with Crippen molar-refractivity contribution in [2.45, 2.75) is 110 Å². The highest BCUT2D eigenvalue weighted by Gasteiger charge is 2.41. The lowest BCUT2D eigenvalue weighted by Gasteiger charge is -2.39. The monoisotopic (exact) mass is 636 g/mol. The van der Waals surface area contributed by atoms with Crippen LogP contribution in [0.3, 0.4) is 0 Å². The summed E-state index contributed by atoms with van der Waals surface area (Å²) < 4.78 is 1.60. The molecule has 11 heteroatoms. The Morgan fingerprint density at radius 2 is 1.76 bits per heavy atom. The molecule has 1 aromatic carbocycles. The van der Waals surface area contributed by atoms with Crippen molar-refractivity contribution in [3.05, 3.63) is 36.0 Å². The van der Waals surface area contributed by atoms with Crippen LogP contribution in [0.15, 0.2) is 30.5 Å². The van der Waals surface area contributed by atoms with E-state index in [0.29, 0.717) is 38.6 Å². The SMILES string of the molecule is CCC(=O)C(=O)CCCC[C@@H]1CC(=O)[C@H]2CCCCN2C(=O)[C@H](C(C)CC)NC(=O)[C@H](Cc2cn(OC)c3ccccc23)NC1=O.